The van der Waals surface area contributed by atoms with E-state index in [1.54, 1.807) is 0 Å². The Labute approximate surface area is 126 Å². The Bertz CT molecular complexity index is 627. The van der Waals surface area contributed by atoms with E-state index >= 15 is 0 Å². The highest BCUT2D eigenvalue weighted by Gasteiger charge is 2.15. The van der Waals surface area contributed by atoms with Crippen LogP contribution in [0.3, 0.4) is 0 Å². The molecule has 1 aromatic carbocycles. The van der Waals surface area contributed by atoms with Crippen molar-refractivity contribution in [3.05, 3.63) is 42.1 Å². The first-order valence-electron chi connectivity index (χ1n) is 7.83. The number of hydrogen-bond donors (Lipinski definition) is 1. The van der Waals surface area contributed by atoms with Crippen LogP contribution < -0.4 is 0 Å². The number of aromatic amines is 1. The quantitative estimate of drug-likeness (QED) is 0.907. The summed E-state index contributed by atoms with van der Waals surface area (Å²) in [5.41, 5.74) is 4.05. The minimum atomic E-state index is 0.326. The molecular weight excluding hydrogens is 260 g/mol. The molecule has 0 spiro atoms. The molecule has 112 valence electrons. The van der Waals surface area contributed by atoms with Crippen LogP contribution in [-0.2, 0) is 4.74 Å². The molecule has 1 aromatic heterocycles. The van der Waals surface area contributed by atoms with Crippen LogP contribution in [-0.4, -0.2) is 42.2 Å². The smallest absolute Gasteiger partial charge is 0.0597 e. The molecule has 1 N–H and O–H groups in total. The number of para-hydroxylation sites is 1. The average Bonchev–Trinajstić information content (AvgIpc) is 2.92. The lowest BCUT2D eigenvalue weighted by atomic mass is 9.99. The third kappa shape index (κ3) is 3.36. The molecule has 3 heteroatoms. The number of ether oxygens (including phenoxy) is 1. The monoisotopic (exact) mass is 284 g/mol. The maximum atomic E-state index is 5.63. The zero-order chi connectivity index (χ0) is 14.7. The van der Waals surface area contributed by atoms with Crippen molar-refractivity contribution in [2.24, 2.45) is 0 Å². The molecule has 0 unspecified atom stereocenters. The van der Waals surface area contributed by atoms with Crippen LogP contribution in [0, 0.1) is 0 Å². The molecule has 21 heavy (non-hydrogen) atoms. The highest BCUT2D eigenvalue weighted by atomic mass is 16.5. The molecule has 0 saturated carbocycles. The molecule has 0 aliphatic carbocycles. The van der Waals surface area contributed by atoms with Crippen molar-refractivity contribution >= 4 is 16.5 Å². The Kier molecular flexibility index (Phi) is 4.42. The summed E-state index contributed by atoms with van der Waals surface area (Å²) in [6, 6.07) is 8.52. The van der Waals surface area contributed by atoms with E-state index in [4.69, 9.17) is 4.74 Å². The second-order valence-electron chi connectivity index (χ2n) is 5.95. The first-order chi connectivity index (χ1) is 10.2. The predicted octanol–water partition coefficient (Wildman–Crippen LogP) is 3.68. The summed E-state index contributed by atoms with van der Waals surface area (Å²) in [5, 5.41) is 1.33. The fraction of sp³-hybridized carbons (Fsp3) is 0.444. The lowest BCUT2D eigenvalue weighted by molar-refractivity contribution is 0.0611. The first-order valence-corrected chi connectivity index (χ1v) is 7.83. The molecule has 2 heterocycles. The van der Waals surface area contributed by atoms with Gasteiger partial charge in [0.1, 0.15) is 0 Å². The Morgan fingerprint density at radius 2 is 2.14 bits per heavy atom. The van der Waals surface area contributed by atoms with Gasteiger partial charge in [0.25, 0.3) is 0 Å². The minimum Gasteiger partial charge on any atom is -0.377 e. The van der Waals surface area contributed by atoms with Crippen molar-refractivity contribution in [1.82, 2.24) is 9.88 Å². The van der Waals surface area contributed by atoms with E-state index in [0.29, 0.717) is 6.10 Å². The van der Waals surface area contributed by atoms with Gasteiger partial charge in [-0.05, 0) is 31.9 Å². The van der Waals surface area contributed by atoms with E-state index in [1.807, 2.05) is 0 Å². The highest BCUT2D eigenvalue weighted by molar-refractivity contribution is 5.92. The van der Waals surface area contributed by atoms with Gasteiger partial charge in [0.05, 0.1) is 12.7 Å². The van der Waals surface area contributed by atoms with Gasteiger partial charge in [-0.2, -0.15) is 0 Å². The Morgan fingerprint density at radius 1 is 1.29 bits per heavy atom. The van der Waals surface area contributed by atoms with Gasteiger partial charge in [-0.1, -0.05) is 24.3 Å². The topological polar surface area (TPSA) is 28.3 Å². The second kappa shape index (κ2) is 6.46. The summed E-state index contributed by atoms with van der Waals surface area (Å²) in [5.74, 6) is 0. The molecule has 0 amide bonds. The Morgan fingerprint density at radius 3 is 2.90 bits per heavy atom. The number of aromatic nitrogens is 1. The summed E-state index contributed by atoms with van der Waals surface area (Å²) < 4.78 is 5.63. The van der Waals surface area contributed by atoms with Crippen LogP contribution in [0.5, 0.6) is 0 Å². The molecule has 2 aromatic rings. The van der Waals surface area contributed by atoms with E-state index < -0.39 is 0 Å². The van der Waals surface area contributed by atoms with Gasteiger partial charge in [0, 0.05) is 42.3 Å². The maximum absolute atomic E-state index is 5.63. The number of fused-ring (bicyclic) bond motifs is 1. The summed E-state index contributed by atoms with van der Waals surface area (Å²) in [6.45, 7) is 8.17. The van der Waals surface area contributed by atoms with E-state index in [1.165, 1.54) is 22.0 Å². The zero-order valence-corrected chi connectivity index (χ0v) is 12.9. The molecule has 0 saturated heterocycles. The van der Waals surface area contributed by atoms with Crippen LogP contribution in [0.4, 0.5) is 0 Å². The number of benzene rings is 1. The molecule has 0 bridgehead atoms. The molecule has 3 rings (SSSR count). The van der Waals surface area contributed by atoms with Gasteiger partial charge in [0.2, 0.25) is 0 Å². The third-order valence-electron chi connectivity index (χ3n) is 4.09. The van der Waals surface area contributed by atoms with Gasteiger partial charge >= 0.3 is 0 Å². The molecule has 0 radical (unpaired) electrons. The Balaban J connectivity index is 1.65. The summed E-state index contributed by atoms with van der Waals surface area (Å²) >= 11 is 0. The van der Waals surface area contributed by atoms with E-state index in [-0.39, 0.29) is 0 Å². The third-order valence-corrected chi connectivity index (χ3v) is 4.09. The lowest BCUT2D eigenvalue weighted by Crippen LogP contribution is -2.32. The maximum Gasteiger partial charge on any atom is 0.0597 e. The molecule has 3 nitrogen and oxygen atoms in total. The van der Waals surface area contributed by atoms with Gasteiger partial charge in [-0.25, -0.2) is 0 Å². The van der Waals surface area contributed by atoms with Gasteiger partial charge in [0.15, 0.2) is 0 Å². The van der Waals surface area contributed by atoms with Gasteiger partial charge in [-0.3, -0.25) is 4.90 Å². The SMILES string of the molecule is CC(C)OCCN1CC=C(c2c[nH]c3ccccc23)CC1. The Hall–Kier alpha value is -1.58. The minimum absolute atomic E-state index is 0.326. The summed E-state index contributed by atoms with van der Waals surface area (Å²) in [7, 11) is 0. The van der Waals surface area contributed by atoms with Crippen molar-refractivity contribution in [2.75, 3.05) is 26.2 Å². The van der Waals surface area contributed by atoms with Crippen molar-refractivity contribution < 1.29 is 4.74 Å². The molecule has 0 atom stereocenters. The number of nitrogens with zero attached hydrogens (tertiary/aromatic N) is 1. The van der Waals surface area contributed by atoms with Crippen molar-refractivity contribution in [3.63, 3.8) is 0 Å². The largest absolute Gasteiger partial charge is 0.377 e. The van der Waals surface area contributed by atoms with Crippen molar-refractivity contribution in [2.45, 2.75) is 26.4 Å². The summed E-state index contributed by atoms with van der Waals surface area (Å²) in [4.78, 5) is 5.83. The molecular formula is C18H24N2O. The normalized spacial score (nSPS) is 16.6. The molecule has 1 aliphatic rings. The first kappa shape index (κ1) is 14.4. The number of rotatable bonds is 5. The van der Waals surface area contributed by atoms with Crippen LogP contribution >= 0.6 is 0 Å². The zero-order valence-electron chi connectivity index (χ0n) is 12.9. The predicted molar refractivity (Wildman–Crippen MR) is 88.4 cm³/mol. The standard InChI is InChI=1S/C18H24N2O/c1-14(2)21-12-11-20-9-7-15(8-10-20)17-13-19-18-6-4-3-5-16(17)18/h3-7,13-14,19H,8-12H2,1-2H3. The number of nitrogens with one attached hydrogen (secondary N) is 1. The van der Waals surface area contributed by atoms with E-state index in [2.05, 4.69) is 60.3 Å². The number of H-pyrrole nitrogens is 1. The fourth-order valence-corrected chi connectivity index (χ4v) is 2.91. The van der Waals surface area contributed by atoms with Crippen molar-refractivity contribution in [3.8, 4) is 0 Å². The number of hydrogen-bond acceptors (Lipinski definition) is 2. The van der Waals surface area contributed by atoms with E-state index in [9.17, 15) is 0 Å². The van der Waals surface area contributed by atoms with Crippen LogP contribution in [0.15, 0.2) is 36.5 Å². The van der Waals surface area contributed by atoms with Gasteiger partial charge in [-0.15, -0.1) is 0 Å². The van der Waals surface area contributed by atoms with Crippen LogP contribution in [0.1, 0.15) is 25.8 Å². The second-order valence-corrected chi connectivity index (χ2v) is 5.95. The summed E-state index contributed by atoms with van der Waals surface area (Å²) in [6.07, 6.45) is 5.96. The highest BCUT2D eigenvalue weighted by Crippen LogP contribution is 2.28. The lowest BCUT2D eigenvalue weighted by Gasteiger charge is -2.26. The van der Waals surface area contributed by atoms with Crippen LogP contribution in [0.25, 0.3) is 16.5 Å². The molecule has 1 aliphatic heterocycles. The average molecular weight is 284 g/mol. The van der Waals surface area contributed by atoms with E-state index in [0.717, 1.165) is 32.7 Å². The fourth-order valence-electron chi connectivity index (χ4n) is 2.91. The van der Waals surface area contributed by atoms with Crippen LogP contribution in [0.2, 0.25) is 0 Å². The van der Waals surface area contributed by atoms with Crippen molar-refractivity contribution in [1.29, 1.82) is 0 Å². The van der Waals surface area contributed by atoms with Gasteiger partial charge < -0.3 is 9.72 Å². The molecule has 0 fully saturated rings.